The molecule has 0 unspecified atom stereocenters. The number of benzene rings is 3. The van der Waals surface area contributed by atoms with E-state index in [2.05, 4.69) is 29.2 Å². The van der Waals surface area contributed by atoms with Crippen molar-refractivity contribution in [2.75, 3.05) is 26.2 Å². The summed E-state index contributed by atoms with van der Waals surface area (Å²) in [6.07, 6.45) is 0. The molecule has 0 radical (unpaired) electrons. The third-order valence-electron chi connectivity index (χ3n) is 5.46. The molecule has 0 aromatic heterocycles. The van der Waals surface area contributed by atoms with Gasteiger partial charge in [0.25, 0.3) is 0 Å². The largest absolute Gasteiger partial charge is 0.290 e. The maximum Gasteiger partial charge on any atom is 0.244 e. The summed E-state index contributed by atoms with van der Waals surface area (Å²) in [6.45, 7) is 1.89. The van der Waals surface area contributed by atoms with Crippen molar-refractivity contribution in [2.45, 2.75) is 10.9 Å². The highest BCUT2D eigenvalue weighted by molar-refractivity contribution is 7.89. The Morgan fingerprint density at radius 3 is 1.68 bits per heavy atom. The zero-order chi connectivity index (χ0) is 22.0. The highest BCUT2D eigenvalue weighted by atomic mass is 35.5. The Morgan fingerprint density at radius 2 is 1.16 bits per heavy atom. The summed E-state index contributed by atoms with van der Waals surface area (Å²) >= 11 is 18.2. The van der Waals surface area contributed by atoms with E-state index in [0.29, 0.717) is 26.2 Å². The predicted molar refractivity (Wildman–Crippen MR) is 127 cm³/mol. The smallest absolute Gasteiger partial charge is 0.244 e. The summed E-state index contributed by atoms with van der Waals surface area (Å²) in [5.41, 5.74) is 2.36. The minimum Gasteiger partial charge on any atom is -0.290 e. The number of hydrogen-bond donors (Lipinski definition) is 0. The Morgan fingerprint density at radius 1 is 0.677 bits per heavy atom. The van der Waals surface area contributed by atoms with Crippen LogP contribution in [0.1, 0.15) is 17.2 Å². The molecule has 1 heterocycles. The third-order valence-corrected chi connectivity index (χ3v) is 8.55. The second-order valence-electron chi connectivity index (χ2n) is 7.36. The molecule has 0 atom stereocenters. The molecular weight excluding hydrogens is 475 g/mol. The van der Waals surface area contributed by atoms with E-state index >= 15 is 0 Å². The van der Waals surface area contributed by atoms with Crippen LogP contribution in [0.5, 0.6) is 0 Å². The second kappa shape index (κ2) is 9.49. The van der Waals surface area contributed by atoms with E-state index in [4.69, 9.17) is 34.8 Å². The maximum atomic E-state index is 13.2. The van der Waals surface area contributed by atoms with Crippen molar-refractivity contribution in [3.05, 3.63) is 99.0 Å². The molecule has 0 aliphatic carbocycles. The van der Waals surface area contributed by atoms with Crippen LogP contribution in [0.15, 0.2) is 77.7 Å². The van der Waals surface area contributed by atoms with Crippen molar-refractivity contribution < 1.29 is 8.42 Å². The summed E-state index contributed by atoms with van der Waals surface area (Å²) in [7, 11) is -3.78. The van der Waals surface area contributed by atoms with Gasteiger partial charge in [-0.1, -0.05) is 95.5 Å². The fourth-order valence-corrected chi connectivity index (χ4v) is 6.33. The van der Waals surface area contributed by atoms with E-state index in [9.17, 15) is 8.42 Å². The Labute approximate surface area is 198 Å². The number of nitrogens with zero attached hydrogens (tertiary/aromatic N) is 2. The zero-order valence-corrected chi connectivity index (χ0v) is 19.7. The van der Waals surface area contributed by atoms with Crippen molar-refractivity contribution in [3.8, 4) is 0 Å². The highest BCUT2D eigenvalue weighted by Gasteiger charge is 2.33. The number of piperazine rings is 1. The van der Waals surface area contributed by atoms with Gasteiger partial charge in [-0.2, -0.15) is 4.31 Å². The van der Waals surface area contributed by atoms with Gasteiger partial charge in [0.1, 0.15) is 4.90 Å². The topological polar surface area (TPSA) is 40.6 Å². The van der Waals surface area contributed by atoms with E-state index in [1.807, 2.05) is 36.4 Å². The van der Waals surface area contributed by atoms with Gasteiger partial charge in [0.05, 0.1) is 21.1 Å². The van der Waals surface area contributed by atoms with Gasteiger partial charge in [-0.25, -0.2) is 8.42 Å². The molecule has 0 spiro atoms. The van der Waals surface area contributed by atoms with Crippen molar-refractivity contribution in [2.24, 2.45) is 0 Å². The lowest BCUT2D eigenvalue weighted by molar-refractivity contribution is 0.156. The van der Waals surface area contributed by atoms with Crippen LogP contribution in [0.25, 0.3) is 0 Å². The predicted octanol–water partition coefficient (Wildman–Crippen LogP) is 5.74. The van der Waals surface area contributed by atoms with Gasteiger partial charge in [-0.05, 0) is 23.3 Å². The molecule has 3 aromatic carbocycles. The molecule has 0 N–H and O–H groups in total. The molecule has 0 amide bonds. The molecule has 1 fully saturated rings. The van der Waals surface area contributed by atoms with Gasteiger partial charge < -0.3 is 0 Å². The van der Waals surface area contributed by atoms with Gasteiger partial charge in [-0.3, -0.25) is 4.90 Å². The summed E-state index contributed by atoms with van der Waals surface area (Å²) < 4.78 is 27.9. The van der Waals surface area contributed by atoms with E-state index in [1.165, 1.54) is 27.6 Å². The van der Waals surface area contributed by atoms with Crippen molar-refractivity contribution in [1.29, 1.82) is 0 Å². The Bertz CT molecular complexity index is 1110. The summed E-state index contributed by atoms with van der Waals surface area (Å²) in [5, 5.41) is 0.462. The number of halogens is 3. The van der Waals surface area contributed by atoms with Crippen molar-refractivity contribution >= 4 is 44.8 Å². The third kappa shape index (κ3) is 4.77. The molecule has 4 rings (SSSR count). The molecule has 8 heteroatoms. The van der Waals surface area contributed by atoms with Crippen LogP contribution in [0.3, 0.4) is 0 Å². The van der Waals surface area contributed by atoms with Gasteiger partial charge in [0.15, 0.2) is 0 Å². The molecular formula is C23H21Cl3N2O2S. The Balaban J connectivity index is 1.58. The van der Waals surface area contributed by atoms with E-state index in [-0.39, 0.29) is 26.0 Å². The lowest BCUT2D eigenvalue weighted by Gasteiger charge is -2.39. The average Bonchev–Trinajstić information content (AvgIpc) is 2.78. The molecule has 4 nitrogen and oxygen atoms in total. The Kier molecular flexibility index (Phi) is 6.92. The molecule has 162 valence electrons. The number of rotatable bonds is 5. The van der Waals surface area contributed by atoms with E-state index in [0.717, 1.165) is 0 Å². The fraction of sp³-hybridized carbons (Fsp3) is 0.217. The van der Waals surface area contributed by atoms with Crippen LogP contribution in [0.2, 0.25) is 15.1 Å². The summed E-state index contributed by atoms with van der Waals surface area (Å²) in [6, 6.07) is 23.3. The standard InChI is InChI=1S/C23H21Cl3N2O2S/c24-19-15-21(26)22(16-20(19)25)31(29,30)28-13-11-27(12-14-28)23(17-7-3-1-4-8-17)18-9-5-2-6-10-18/h1-10,15-16,23H,11-14H2. The first-order valence-electron chi connectivity index (χ1n) is 9.86. The van der Waals surface area contributed by atoms with Crippen LogP contribution >= 0.6 is 34.8 Å². The second-order valence-corrected chi connectivity index (χ2v) is 10.5. The molecule has 3 aromatic rings. The molecule has 31 heavy (non-hydrogen) atoms. The Hall–Kier alpha value is -1.60. The lowest BCUT2D eigenvalue weighted by atomic mass is 9.96. The summed E-state index contributed by atoms with van der Waals surface area (Å²) in [5.74, 6) is 0. The SMILES string of the molecule is O=S(=O)(c1cc(Cl)c(Cl)cc1Cl)N1CCN(C(c2ccccc2)c2ccccc2)CC1. The van der Waals surface area contributed by atoms with Gasteiger partial charge in [-0.15, -0.1) is 0 Å². The first kappa shape index (κ1) is 22.6. The molecule has 1 aliphatic heterocycles. The average molecular weight is 496 g/mol. The zero-order valence-electron chi connectivity index (χ0n) is 16.6. The highest BCUT2D eigenvalue weighted by Crippen LogP contribution is 2.35. The monoisotopic (exact) mass is 494 g/mol. The molecule has 1 aliphatic rings. The summed E-state index contributed by atoms with van der Waals surface area (Å²) in [4.78, 5) is 2.30. The lowest BCUT2D eigenvalue weighted by Crippen LogP contribution is -2.49. The first-order valence-corrected chi connectivity index (χ1v) is 12.4. The van der Waals surface area contributed by atoms with Crippen LogP contribution in [-0.4, -0.2) is 43.8 Å². The van der Waals surface area contributed by atoms with Crippen molar-refractivity contribution in [1.82, 2.24) is 9.21 Å². The minimum atomic E-state index is -3.78. The van der Waals surface area contributed by atoms with Crippen LogP contribution < -0.4 is 0 Å². The molecule has 0 saturated carbocycles. The minimum absolute atomic E-state index is 0.0142. The van der Waals surface area contributed by atoms with Crippen molar-refractivity contribution in [3.63, 3.8) is 0 Å². The maximum absolute atomic E-state index is 13.2. The molecule has 1 saturated heterocycles. The normalized spacial score (nSPS) is 16.0. The van der Waals surface area contributed by atoms with E-state index in [1.54, 1.807) is 0 Å². The quantitative estimate of drug-likeness (QED) is 0.424. The first-order chi connectivity index (χ1) is 14.9. The van der Waals surface area contributed by atoms with E-state index < -0.39 is 10.0 Å². The van der Waals surface area contributed by atoms with Crippen LogP contribution in [0, 0.1) is 0 Å². The van der Waals surface area contributed by atoms with Gasteiger partial charge in [0.2, 0.25) is 10.0 Å². The number of sulfonamides is 1. The van der Waals surface area contributed by atoms with Crippen LogP contribution in [0.4, 0.5) is 0 Å². The van der Waals surface area contributed by atoms with Gasteiger partial charge in [0, 0.05) is 26.2 Å². The fourth-order valence-electron chi connectivity index (χ4n) is 3.93. The van der Waals surface area contributed by atoms with Crippen LogP contribution in [-0.2, 0) is 10.0 Å². The number of hydrogen-bond acceptors (Lipinski definition) is 3. The van der Waals surface area contributed by atoms with Gasteiger partial charge >= 0.3 is 0 Å². The molecule has 0 bridgehead atoms.